The largest absolute Gasteiger partial charge is 0.378 e. The molecule has 1 heterocycles. The fourth-order valence-electron chi connectivity index (χ4n) is 0.784. The summed E-state index contributed by atoms with van der Waals surface area (Å²) in [6.07, 6.45) is 0. The predicted octanol–water partition coefficient (Wildman–Crippen LogP) is 0.314. The third-order valence-corrected chi connectivity index (χ3v) is 1.69. The summed E-state index contributed by atoms with van der Waals surface area (Å²) in [6, 6.07) is 0. The molecule has 0 aromatic heterocycles. The lowest BCUT2D eigenvalue weighted by Gasteiger charge is -2.24. The molecular formula is C5H10NO2P. The van der Waals surface area contributed by atoms with Crippen LogP contribution in [0.1, 0.15) is 0 Å². The smallest absolute Gasteiger partial charge is 0.237 e. The van der Waals surface area contributed by atoms with E-state index < -0.39 is 0 Å². The molecule has 1 saturated heterocycles. The van der Waals surface area contributed by atoms with Crippen molar-refractivity contribution in [1.29, 1.82) is 0 Å². The monoisotopic (exact) mass is 147 g/mol. The van der Waals surface area contributed by atoms with Crippen LogP contribution < -0.4 is 0 Å². The molecule has 1 fully saturated rings. The van der Waals surface area contributed by atoms with Crippen LogP contribution in [0, 0.1) is 0 Å². The van der Waals surface area contributed by atoms with E-state index in [0.717, 1.165) is 13.1 Å². The molecule has 1 rings (SSSR count). The summed E-state index contributed by atoms with van der Waals surface area (Å²) in [5.74, 6) is 0. The van der Waals surface area contributed by atoms with Gasteiger partial charge in [0, 0.05) is 13.1 Å². The summed E-state index contributed by atoms with van der Waals surface area (Å²) >= 11 is 0. The molecule has 1 aliphatic heterocycles. The summed E-state index contributed by atoms with van der Waals surface area (Å²) < 4.78 is 5.05. The van der Waals surface area contributed by atoms with Gasteiger partial charge in [-0.15, -0.1) is 0 Å². The zero-order chi connectivity index (χ0) is 6.69. The first kappa shape index (κ1) is 6.97. The minimum absolute atomic E-state index is 0.0679. The fraction of sp³-hybridized carbons (Fsp3) is 0.800. The summed E-state index contributed by atoms with van der Waals surface area (Å²) in [4.78, 5) is 12.4. The third kappa shape index (κ3) is 1.92. The Labute approximate surface area is 56.6 Å². The van der Waals surface area contributed by atoms with Crippen molar-refractivity contribution in [2.24, 2.45) is 0 Å². The molecule has 0 spiro atoms. The lowest BCUT2D eigenvalue weighted by molar-refractivity contribution is 0.0592. The van der Waals surface area contributed by atoms with Gasteiger partial charge >= 0.3 is 0 Å². The van der Waals surface area contributed by atoms with Gasteiger partial charge in [0.25, 0.3) is 0 Å². The molecule has 9 heavy (non-hydrogen) atoms. The highest BCUT2D eigenvalue weighted by Gasteiger charge is 2.11. The predicted molar refractivity (Wildman–Crippen MR) is 37.5 cm³/mol. The van der Waals surface area contributed by atoms with Crippen molar-refractivity contribution >= 4 is 14.9 Å². The Balaban J connectivity index is 2.31. The number of ether oxygens (including phenoxy) is 1. The molecule has 0 aromatic carbocycles. The molecule has 0 radical (unpaired) electrons. The topological polar surface area (TPSA) is 29.5 Å². The maximum atomic E-state index is 10.6. The van der Waals surface area contributed by atoms with Gasteiger partial charge < -0.3 is 9.64 Å². The maximum Gasteiger partial charge on any atom is 0.237 e. The number of hydrogen-bond donors (Lipinski definition) is 0. The van der Waals surface area contributed by atoms with Gasteiger partial charge in [-0.05, 0) is 9.24 Å². The molecule has 1 unspecified atom stereocenters. The highest BCUT2D eigenvalue weighted by Crippen LogP contribution is 2.02. The summed E-state index contributed by atoms with van der Waals surface area (Å²) in [5.41, 5.74) is 0.0679. The fourth-order valence-corrected chi connectivity index (χ4v) is 1.04. The van der Waals surface area contributed by atoms with E-state index in [0.29, 0.717) is 13.2 Å². The van der Waals surface area contributed by atoms with Crippen molar-refractivity contribution in [3.05, 3.63) is 0 Å². The molecular weight excluding hydrogens is 137 g/mol. The lowest BCUT2D eigenvalue weighted by atomic mass is 10.5. The standard InChI is InChI=1S/C5H10NO2P/c7-5(9)6-1-3-8-4-2-6/h1-4,9H2. The van der Waals surface area contributed by atoms with Crippen LogP contribution in [0.5, 0.6) is 0 Å². The Bertz CT molecular complexity index is 112. The lowest BCUT2D eigenvalue weighted by Crippen LogP contribution is -2.37. The number of amides is 1. The van der Waals surface area contributed by atoms with Crippen LogP contribution in [0.2, 0.25) is 0 Å². The molecule has 1 atom stereocenters. The van der Waals surface area contributed by atoms with Crippen LogP contribution >= 0.6 is 9.24 Å². The molecule has 1 aliphatic rings. The van der Waals surface area contributed by atoms with Gasteiger partial charge in [0.15, 0.2) is 0 Å². The molecule has 0 aliphatic carbocycles. The first-order valence-corrected chi connectivity index (χ1v) is 3.50. The van der Waals surface area contributed by atoms with Gasteiger partial charge in [0.05, 0.1) is 13.2 Å². The Morgan fingerprint density at radius 1 is 1.44 bits per heavy atom. The normalized spacial score (nSPS) is 19.9. The van der Waals surface area contributed by atoms with E-state index in [9.17, 15) is 4.79 Å². The third-order valence-electron chi connectivity index (χ3n) is 1.32. The number of carbonyl (C=O) groups excluding carboxylic acids is 1. The van der Waals surface area contributed by atoms with Gasteiger partial charge in [0.1, 0.15) is 0 Å². The highest BCUT2D eigenvalue weighted by molar-refractivity contribution is 7.39. The maximum absolute atomic E-state index is 10.6. The second-order valence-electron chi connectivity index (χ2n) is 1.94. The zero-order valence-corrected chi connectivity index (χ0v) is 6.32. The first-order chi connectivity index (χ1) is 4.30. The van der Waals surface area contributed by atoms with E-state index in [1.165, 1.54) is 0 Å². The number of rotatable bonds is 0. The van der Waals surface area contributed by atoms with Crippen LogP contribution in [0.3, 0.4) is 0 Å². The molecule has 0 saturated carbocycles. The van der Waals surface area contributed by atoms with Gasteiger partial charge in [-0.25, -0.2) is 0 Å². The van der Waals surface area contributed by atoms with Crippen molar-refractivity contribution in [3.63, 3.8) is 0 Å². The Kier molecular flexibility index (Phi) is 2.43. The first-order valence-electron chi connectivity index (χ1n) is 2.93. The van der Waals surface area contributed by atoms with Crippen LogP contribution in [0.15, 0.2) is 0 Å². The van der Waals surface area contributed by atoms with Gasteiger partial charge in [-0.3, -0.25) is 4.79 Å². The average molecular weight is 147 g/mol. The molecule has 1 amide bonds. The van der Waals surface area contributed by atoms with Crippen molar-refractivity contribution in [1.82, 2.24) is 4.90 Å². The van der Waals surface area contributed by atoms with E-state index in [2.05, 4.69) is 9.24 Å². The van der Waals surface area contributed by atoms with Gasteiger partial charge in [-0.1, -0.05) is 0 Å². The van der Waals surface area contributed by atoms with E-state index in [1.807, 2.05) is 0 Å². The summed E-state index contributed by atoms with van der Waals surface area (Å²) in [5, 5.41) is 0. The summed E-state index contributed by atoms with van der Waals surface area (Å²) in [6.45, 7) is 2.84. The van der Waals surface area contributed by atoms with Crippen molar-refractivity contribution in [2.75, 3.05) is 26.3 Å². The minimum atomic E-state index is 0.0679. The zero-order valence-electron chi connectivity index (χ0n) is 5.17. The minimum Gasteiger partial charge on any atom is -0.378 e. The Hall–Kier alpha value is -0.140. The van der Waals surface area contributed by atoms with E-state index >= 15 is 0 Å². The second kappa shape index (κ2) is 3.14. The molecule has 0 N–H and O–H groups in total. The van der Waals surface area contributed by atoms with Crippen LogP contribution in [0.25, 0.3) is 0 Å². The Morgan fingerprint density at radius 2 is 2.00 bits per heavy atom. The molecule has 4 heteroatoms. The van der Waals surface area contributed by atoms with Gasteiger partial charge in [-0.2, -0.15) is 0 Å². The number of morpholine rings is 1. The van der Waals surface area contributed by atoms with E-state index in [-0.39, 0.29) is 5.65 Å². The van der Waals surface area contributed by atoms with Crippen molar-refractivity contribution in [2.45, 2.75) is 0 Å². The molecule has 3 nitrogen and oxygen atoms in total. The van der Waals surface area contributed by atoms with Gasteiger partial charge in [0.2, 0.25) is 5.65 Å². The molecule has 0 aromatic rings. The second-order valence-corrected chi connectivity index (χ2v) is 2.43. The highest BCUT2D eigenvalue weighted by atomic mass is 31.0. The van der Waals surface area contributed by atoms with Crippen LogP contribution in [-0.2, 0) is 4.74 Å². The Morgan fingerprint density at radius 3 is 2.33 bits per heavy atom. The number of carbonyl (C=O) groups is 1. The number of hydrogen-bond acceptors (Lipinski definition) is 2. The number of nitrogens with zero attached hydrogens (tertiary/aromatic N) is 1. The SMILES string of the molecule is O=C(P)N1CCOCC1. The average Bonchev–Trinajstić information content (AvgIpc) is 1.90. The van der Waals surface area contributed by atoms with Crippen molar-refractivity contribution < 1.29 is 9.53 Å². The molecule has 52 valence electrons. The van der Waals surface area contributed by atoms with Crippen LogP contribution in [-0.4, -0.2) is 36.9 Å². The van der Waals surface area contributed by atoms with E-state index in [4.69, 9.17) is 4.74 Å². The van der Waals surface area contributed by atoms with Crippen LogP contribution in [0.4, 0.5) is 4.79 Å². The quantitative estimate of drug-likeness (QED) is 0.461. The summed E-state index contributed by atoms with van der Waals surface area (Å²) in [7, 11) is 2.16. The molecule has 0 bridgehead atoms. The van der Waals surface area contributed by atoms with Crippen molar-refractivity contribution in [3.8, 4) is 0 Å². The van der Waals surface area contributed by atoms with E-state index in [1.54, 1.807) is 4.90 Å².